The Labute approximate surface area is 115 Å². The molecule has 0 amide bonds. The summed E-state index contributed by atoms with van der Waals surface area (Å²) in [7, 11) is 0. The Bertz CT molecular complexity index is 501. The van der Waals surface area contributed by atoms with Crippen LogP contribution in [0, 0.1) is 17.2 Å². The third kappa shape index (κ3) is 4.26. The Balaban J connectivity index is 2.86. The van der Waals surface area contributed by atoms with Gasteiger partial charge in [-0.25, -0.2) is 0 Å². The molecule has 1 aromatic carbocycles. The Hall–Kier alpha value is -2.03. The molecule has 0 aliphatic heterocycles. The van der Waals surface area contributed by atoms with Crippen molar-refractivity contribution in [2.45, 2.75) is 25.9 Å². The van der Waals surface area contributed by atoms with E-state index in [2.05, 4.69) is 0 Å². The van der Waals surface area contributed by atoms with Crippen molar-refractivity contribution in [3.05, 3.63) is 29.8 Å². The van der Waals surface area contributed by atoms with Gasteiger partial charge in [0.25, 0.3) is 5.78 Å². The van der Waals surface area contributed by atoms with Crippen LogP contribution < -0.4 is 4.74 Å². The monoisotopic (exact) mass is 285 g/mol. The lowest BCUT2D eigenvalue weighted by atomic mass is 9.96. The van der Waals surface area contributed by atoms with Crippen LogP contribution in [0.3, 0.4) is 0 Å². The normalized spacial score (nSPS) is 12.8. The first kappa shape index (κ1) is 16.0. The van der Waals surface area contributed by atoms with Crippen molar-refractivity contribution in [3.8, 4) is 11.8 Å². The van der Waals surface area contributed by atoms with Crippen LogP contribution in [0.15, 0.2) is 24.3 Å². The Morgan fingerprint density at radius 3 is 2.25 bits per heavy atom. The van der Waals surface area contributed by atoms with Crippen LogP contribution >= 0.6 is 0 Å². The number of nitrogens with zero attached hydrogens (tertiary/aromatic N) is 1. The third-order valence-corrected chi connectivity index (χ3v) is 2.47. The fourth-order valence-corrected chi connectivity index (χ4v) is 1.47. The van der Waals surface area contributed by atoms with Crippen molar-refractivity contribution in [2.75, 3.05) is 6.61 Å². The van der Waals surface area contributed by atoms with Gasteiger partial charge in [0.05, 0.1) is 12.7 Å². The van der Waals surface area contributed by atoms with Crippen molar-refractivity contribution >= 4 is 5.78 Å². The van der Waals surface area contributed by atoms with Crippen LogP contribution in [0.1, 0.15) is 25.3 Å². The third-order valence-electron chi connectivity index (χ3n) is 2.47. The lowest BCUT2D eigenvalue weighted by Crippen LogP contribution is -2.28. The summed E-state index contributed by atoms with van der Waals surface area (Å²) < 4.78 is 42.4. The van der Waals surface area contributed by atoms with E-state index in [0.29, 0.717) is 18.3 Å². The largest absolute Gasteiger partial charge is 0.493 e. The molecule has 0 heterocycles. The van der Waals surface area contributed by atoms with Gasteiger partial charge in [0, 0.05) is 0 Å². The highest BCUT2D eigenvalue weighted by Crippen LogP contribution is 2.28. The van der Waals surface area contributed by atoms with Crippen molar-refractivity contribution in [1.29, 1.82) is 5.26 Å². The van der Waals surface area contributed by atoms with Crippen LogP contribution in [-0.4, -0.2) is 18.6 Å². The highest BCUT2D eigenvalue weighted by molar-refractivity contribution is 5.92. The van der Waals surface area contributed by atoms with Crippen LogP contribution in [0.2, 0.25) is 0 Å². The molecule has 1 aromatic rings. The van der Waals surface area contributed by atoms with Crippen molar-refractivity contribution < 1.29 is 22.7 Å². The molecule has 0 aliphatic carbocycles. The van der Waals surface area contributed by atoms with Crippen LogP contribution in [0.25, 0.3) is 0 Å². The zero-order valence-electron chi connectivity index (χ0n) is 11.1. The number of nitriles is 1. The minimum absolute atomic E-state index is 0.00622. The molecule has 0 spiro atoms. The molecule has 1 unspecified atom stereocenters. The first-order valence-corrected chi connectivity index (χ1v) is 5.99. The SMILES string of the molecule is CC(C)COc1ccc(C(C#N)C(=O)C(F)(F)F)cc1. The number of Topliss-reactive ketones (excluding diaryl/α,β-unsaturated/α-hetero) is 1. The molecule has 6 heteroatoms. The highest BCUT2D eigenvalue weighted by atomic mass is 19.4. The van der Waals surface area contributed by atoms with Gasteiger partial charge < -0.3 is 4.74 Å². The summed E-state index contributed by atoms with van der Waals surface area (Å²) >= 11 is 0. The average Bonchev–Trinajstić information content (AvgIpc) is 2.37. The van der Waals surface area contributed by atoms with E-state index < -0.39 is 17.9 Å². The zero-order chi connectivity index (χ0) is 15.3. The number of hydrogen-bond acceptors (Lipinski definition) is 3. The van der Waals surface area contributed by atoms with Gasteiger partial charge >= 0.3 is 6.18 Å². The number of alkyl halides is 3. The maximum Gasteiger partial charge on any atom is 0.451 e. The van der Waals surface area contributed by atoms with Crippen LogP contribution in [0.5, 0.6) is 5.75 Å². The summed E-state index contributed by atoms with van der Waals surface area (Å²) in [5, 5.41) is 8.76. The van der Waals surface area contributed by atoms with Gasteiger partial charge in [0.2, 0.25) is 0 Å². The molecule has 0 radical (unpaired) electrons. The maximum atomic E-state index is 12.3. The van der Waals surface area contributed by atoms with E-state index in [1.165, 1.54) is 30.3 Å². The number of ether oxygens (including phenoxy) is 1. The maximum absolute atomic E-state index is 12.3. The number of benzene rings is 1. The standard InChI is InChI=1S/C14H14F3NO2/c1-9(2)8-20-11-5-3-10(4-6-11)12(7-18)13(19)14(15,16)17/h3-6,9,12H,8H2,1-2H3. The topological polar surface area (TPSA) is 50.1 Å². The number of carbonyl (C=O) groups is 1. The molecule has 3 nitrogen and oxygen atoms in total. The number of ketones is 1. The lowest BCUT2D eigenvalue weighted by molar-refractivity contribution is -0.171. The van der Waals surface area contributed by atoms with E-state index in [-0.39, 0.29) is 5.56 Å². The minimum Gasteiger partial charge on any atom is -0.493 e. The van der Waals surface area contributed by atoms with E-state index in [4.69, 9.17) is 10.00 Å². The minimum atomic E-state index is -5.02. The Kier molecular flexibility index (Phi) is 5.14. The molecule has 1 atom stereocenters. The molecule has 0 N–H and O–H groups in total. The van der Waals surface area contributed by atoms with Gasteiger partial charge in [-0.3, -0.25) is 4.79 Å². The summed E-state index contributed by atoms with van der Waals surface area (Å²) in [6.07, 6.45) is -5.02. The summed E-state index contributed by atoms with van der Waals surface area (Å²) in [5.41, 5.74) is 0.00622. The fraction of sp³-hybridized carbons (Fsp3) is 0.429. The molecule has 0 saturated carbocycles. The molecule has 108 valence electrons. The second kappa shape index (κ2) is 6.42. The molecule has 0 aliphatic rings. The van der Waals surface area contributed by atoms with Crippen molar-refractivity contribution in [1.82, 2.24) is 0 Å². The van der Waals surface area contributed by atoms with Gasteiger partial charge in [-0.05, 0) is 23.6 Å². The Morgan fingerprint density at radius 2 is 1.85 bits per heavy atom. The molecule has 20 heavy (non-hydrogen) atoms. The zero-order valence-corrected chi connectivity index (χ0v) is 11.1. The number of carbonyl (C=O) groups excluding carboxylic acids is 1. The van der Waals surface area contributed by atoms with Crippen LogP contribution in [0.4, 0.5) is 13.2 Å². The Morgan fingerprint density at radius 1 is 1.30 bits per heavy atom. The van der Waals surface area contributed by atoms with E-state index in [9.17, 15) is 18.0 Å². The molecule has 0 bridgehead atoms. The van der Waals surface area contributed by atoms with E-state index in [1.807, 2.05) is 13.8 Å². The molecule has 1 rings (SSSR count). The van der Waals surface area contributed by atoms with Crippen LogP contribution in [-0.2, 0) is 4.79 Å². The van der Waals surface area contributed by atoms with Gasteiger partial charge in [-0.15, -0.1) is 0 Å². The summed E-state index contributed by atoms with van der Waals surface area (Å²) in [5.74, 6) is -3.10. The van der Waals surface area contributed by atoms with Gasteiger partial charge in [0.1, 0.15) is 11.7 Å². The molecule has 0 fully saturated rings. The molecule has 0 saturated heterocycles. The predicted octanol–water partition coefficient (Wildman–Crippen LogP) is 3.46. The summed E-state index contributed by atoms with van der Waals surface area (Å²) in [6, 6.07) is 6.88. The summed E-state index contributed by atoms with van der Waals surface area (Å²) in [6.45, 7) is 4.40. The predicted molar refractivity (Wildman–Crippen MR) is 66.2 cm³/mol. The smallest absolute Gasteiger partial charge is 0.451 e. The molecule has 0 aromatic heterocycles. The second-order valence-electron chi connectivity index (χ2n) is 4.70. The first-order chi connectivity index (χ1) is 9.25. The van der Waals surface area contributed by atoms with Gasteiger partial charge in [-0.1, -0.05) is 26.0 Å². The van der Waals surface area contributed by atoms with Crippen molar-refractivity contribution in [3.63, 3.8) is 0 Å². The molecular formula is C14H14F3NO2. The van der Waals surface area contributed by atoms with Gasteiger partial charge in [-0.2, -0.15) is 18.4 Å². The number of hydrogen-bond donors (Lipinski definition) is 0. The average molecular weight is 285 g/mol. The number of rotatable bonds is 5. The van der Waals surface area contributed by atoms with Gasteiger partial charge in [0.15, 0.2) is 0 Å². The fourth-order valence-electron chi connectivity index (χ4n) is 1.47. The lowest BCUT2D eigenvalue weighted by Gasteiger charge is -2.12. The summed E-state index contributed by atoms with van der Waals surface area (Å²) in [4.78, 5) is 11.1. The van der Waals surface area contributed by atoms with E-state index in [0.717, 1.165) is 0 Å². The number of halogens is 3. The van der Waals surface area contributed by atoms with E-state index in [1.54, 1.807) is 0 Å². The van der Waals surface area contributed by atoms with E-state index >= 15 is 0 Å². The molecular weight excluding hydrogens is 271 g/mol. The highest BCUT2D eigenvalue weighted by Gasteiger charge is 2.44. The second-order valence-corrected chi connectivity index (χ2v) is 4.70. The quantitative estimate of drug-likeness (QED) is 0.832. The van der Waals surface area contributed by atoms with Crippen molar-refractivity contribution in [2.24, 2.45) is 5.92 Å². The first-order valence-electron chi connectivity index (χ1n) is 5.99.